The van der Waals surface area contributed by atoms with E-state index in [1.807, 2.05) is 4.90 Å². The number of amides is 2. The molecule has 2 aliphatic rings. The molecule has 0 radical (unpaired) electrons. The Morgan fingerprint density at radius 2 is 2.08 bits per heavy atom. The van der Waals surface area contributed by atoms with Gasteiger partial charge in [-0.3, -0.25) is 10.00 Å². The molecule has 0 unspecified atom stereocenters. The highest BCUT2D eigenvalue weighted by molar-refractivity contribution is 5.75. The number of urea groups is 1. The van der Waals surface area contributed by atoms with Crippen molar-refractivity contribution in [2.24, 2.45) is 0 Å². The molecule has 2 N–H and O–H groups in total. The third-order valence-electron chi connectivity index (χ3n) is 5.16. The van der Waals surface area contributed by atoms with Gasteiger partial charge in [0, 0.05) is 26.2 Å². The van der Waals surface area contributed by atoms with Gasteiger partial charge in [0.25, 0.3) is 0 Å². The van der Waals surface area contributed by atoms with Gasteiger partial charge in [0.1, 0.15) is 12.2 Å². The number of aryl methyl sites for hydroxylation is 1. The van der Waals surface area contributed by atoms with E-state index in [0.29, 0.717) is 0 Å². The first-order valence-electron chi connectivity index (χ1n) is 8.99. The van der Waals surface area contributed by atoms with Crippen LogP contribution in [0.5, 0.6) is 0 Å². The van der Waals surface area contributed by atoms with Crippen LogP contribution in [0.15, 0.2) is 30.6 Å². The molecule has 1 atom stereocenters. The zero-order chi connectivity index (χ0) is 17.1. The molecular weight excluding hydrogens is 316 g/mol. The van der Waals surface area contributed by atoms with Crippen LogP contribution >= 0.6 is 0 Å². The van der Waals surface area contributed by atoms with Gasteiger partial charge in [-0.2, -0.15) is 5.10 Å². The Kier molecular flexibility index (Phi) is 4.65. The number of carbonyl (C=O) groups is 1. The van der Waals surface area contributed by atoms with E-state index in [1.54, 1.807) is 0 Å². The van der Waals surface area contributed by atoms with E-state index in [0.717, 1.165) is 57.8 Å². The van der Waals surface area contributed by atoms with Crippen molar-refractivity contribution in [2.45, 2.75) is 31.8 Å². The Morgan fingerprint density at radius 3 is 2.88 bits per heavy atom. The van der Waals surface area contributed by atoms with Crippen molar-refractivity contribution in [3.8, 4) is 0 Å². The normalized spacial score (nSPS) is 21.0. The van der Waals surface area contributed by atoms with E-state index >= 15 is 0 Å². The fourth-order valence-corrected chi connectivity index (χ4v) is 3.77. The quantitative estimate of drug-likeness (QED) is 0.892. The predicted octanol–water partition coefficient (Wildman–Crippen LogP) is 1.71. The van der Waals surface area contributed by atoms with E-state index in [9.17, 15) is 4.79 Å². The minimum Gasteiger partial charge on any atom is -0.331 e. The zero-order valence-electron chi connectivity index (χ0n) is 14.3. The van der Waals surface area contributed by atoms with Crippen LogP contribution in [-0.4, -0.2) is 57.2 Å². The molecule has 1 aliphatic carbocycles. The van der Waals surface area contributed by atoms with Crippen molar-refractivity contribution in [3.05, 3.63) is 47.5 Å². The first kappa shape index (κ1) is 16.1. The number of nitrogens with one attached hydrogen (secondary N) is 2. The average Bonchev–Trinajstić information content (AvgIpc) is 3.16. The second-order valence-electron chi connectivity index (χ2n) is 6.79. The first-order chi connectivity index (χ1) is 12.3. The molecule has 1 saturated heterocycles. The van der Waals surface area contributed by atoms with Crippen LogP contribution in [-0.2, 0) is 13.0 Å². The molecule has 2 heterocycles. The number of carbonyl (C=O) groups excluding carboxylic acids is 1. The van der Waals surface area contributed by atoms with E-state index in [1.165, 1.54) is 17.5 Å². The van der Waals surface area contributed by atoms with Gasteiger partial charge >= 0.3 is 6.03 Å². The van der Waals surface area contributed by atoms with Crippen LogP contribution in [0.25, 0.3) is 0 Å². The lowest BCUT2D eigenvalue weighted by atomic mass is 9.88. The van der Waals surface area contributed by atoms with E-state index in [2.05, 4.69) is 49.7 Å². The van der Waals surface area contributed by atoms with Crippen molar-refractivity contribution in [3.63, 3.8) is 0 Å². The number of aromatic nitrogens is 3. The number of piperazine rings is 1. The van der Waals surface area contributed by atoms with Crippen LogP contribution in [0.1, 0.15) is 35.8 Å². The third-order valence-corrected chi connectivity index (χ3v) is 5.16. The topological polar surface area (TPSA) is 77.2 Å². The number of rotatable bonds is 3. The maximum Gasteiger partial charge on any atom is 0.317 e. The van der Waals surface area contributed by atoms with Crippen molar-refractivity contribution in [1.82, 2.24) is 30.3 Å². The summed E-state index contributed by atoms with van der Waals surface area (Å²) in [4.78, 5) is 21.0. The number of nitrogens with zero attached hydrogens (tertiary/aromatic N) is 4. The van der Waals surface area contributed by atoms with Crippen molar-refractivity contribution < 1.29 is 4.79 Å². The monoisotopic (exact) mass is 340 g/mol. The fraction of sp³-hybridized carbons (Fsp3) is 0.500. The molecule has 2 aromatic rings. The molecule has 0 spiro atoms. The maximum absolute atomic E-state index is 12.7. The second-order valence-corrected chi connectivity index (χ2v) is 6.79. The van der Waals surface area contributed by atoms with Gasteiger partial charge in [-0.25, -0.2) is 9.78 Å². The number of hydrogen-bond acceptors (Lipinski definition) is 4. The third kappa shape index (κ3) is 3.66. The van der Waals surface area contributed by atoms with Crippen LogP contribution in [0, 0.1) is 0 Å². The average molecular weight is 340 g/mol. The van der Waals surface area contributed by atoms with E-state index in [-0.39, 0.29) is 12.1 Å². The van der Waals surface area contributed by atoms with Gasteiger partial charge in [0.15, 0.2) is 0 Å². The molecule has 1 fully saturated rings. The Morgan fingerprint density at radius 1 is 1.24 bits per heavy atom. The number of benzene rings is 1. The number of aromatic amines is 1. The molecule has 132 valence electrons. The Balaban J connectivity index is 1.31. The summed E-state index contributed by atoms with van der Waals surface area (Å²) in [7, 11) is 0. The number of hydrogen-bond donors (Lipinski definition) is 2. The lowest BCUT2D eigenvalue weighted by Gasteiger charge is -2.36. The highest BCUT2D eigenvalue weighted by atomic mass is 16.2. The molecule has 25 heavy (non-hydrogen) atoms. The lowest BCUT2D eigenvalue weighted by molar-refractivity contribution is 0.131. The zero-order valence-corrected chi connectivity index (χ0v) is 14.3. The molecule has 1 aromatic heterocycles. The second kappa shape index (κ2) is 7.23. The van der Waals surface area contributed by atoms with Gasteiger partial charge in [-0.15, -0.1) is 0 Å². The van der Waals surface area contributed by atoms with E-state index in [4.69, 9.17) is 0 Å². The van der Waals surface area contributed by atoms with E-state index < -0.39 is 0 Å². The van der Waals surface area contributed by atoms with Crippen LogP contribution in [0.2, 0.25) is 0 Å². The van der Waals surface area contributed by atoms with Crippen LogP contribution in [0.3, 0.4) is 0 Å². The van der Waals surface area contributed by atoms with Gasteiger partial charge < -0.3 is 10.2 Å². The Labute approximate surface area is 147 Å². The van der Waals surface area contributed by atoms with Crippen LogP contribution < -0.4 is 5.32 Å². The lowest BCUT2D eigenvalue weighted by Crippen LogP contribution is -2.52. The SMILES string of the molecule is O=C(N[C@H]1CCCc2ccccc21)N1CCN(Cc2ncn[nH]2)CC1. The largest absolute Gasteiger partial charge is 0.331 e. The molecule has 7 heteroatoms. The number of fused-ring (bicyclic) bond motifs is 1. The summed E-state index contributed by atoms with van der Waals surface area (Å²) in [6, 6.07) is 8.67. The maximum atomic E-state index is 12.7. The van der Waals surface area contributed by atoms with Crippen LogP contribution in [0.4, 0.5) is 4.79 Å². The Hall–Kier alpha value is -2.41. The molecule has 2 amide bonds. The number of H-pyrrole nitrogens is 1. The highest BCUT2D eigenvalue weighted by Crippen LogP contribution is 2.29. The highest BCUT2D eigenvalue weighted by Gasteiger charge is 2.26. The molecule has 0 saturated carbocycles. The summed E-state index contributed by atoms with van der Waals surface area (Å²) in [5.74, 6) is 0.872. The summed E-state index contributed by atoms with van der Waals surface area (Å²) >= 11 is 0. The molecular formula is C18H24N6O. The minimum absolute atomic E-state index is 0.0565. The first-order valence-corrected chi connectivity index (χ1v) is 8.99. The molecule has 4 rings (SSSR count). The van der Waals surface area contributed by atoms with Gasteiger partial charge in [-0.05, 0) is 30.4 Å². The molecule has 1 aliphatic heterocycles. The summed E-state index contributed by atoms with van der Waals surface area (Å²) in [5.41, 5.74) is 2.65. The molecule has 1 aromatic carbocycles. The summed E-state index contributed by atoms with van der Waals surface area (Å²) < 4.78 is 0. The summed E-state index contributed by atoms with van der Waals surface area (Å²) in [6.07, 6.45) is 4.80. The standard InChI is InChI=1S/C18H24N6O/c25-18(21-16-7-3-5-14-4-1-2-6-15(14)16)24-10-8-23(9-11-24)12-17-19-13-20-22-17/h1-2,4,6,13,16H,3,5,7-12H2,(H,21,25)(H,19,20,22)/t16-/m0/s1. The minimum atomic E-state index is 0.0565. The Bertz CT molecular complexity index is 708. The molecule has 7 nitrogen and oxygen atoms in total. The van der Waals surface area contributed by atoms with Crippen molar-refractivity contribution >= 4 is 6.03 Å². The van der Waals surface area contributed by atoms with Gasteiger partial charge in [0.05, 0.1) is 12.6 Å². The predicted molar refractivity (Wildman–Crippen MR) is 93.9 cm³/mol. The van der Waals surface area contributed by atoms with Crippen molar-refractivity contribution in [1.29, 1.82) is 0 Å². The summed E-state index contributed by atoms with van der Waals surface area (Å²) in [5, 5.41) is 10.0. The smallest absolute Gasteiger partial charge is 0.317 e. The molecule has 0 bridgehead atoms. The van der Waals surface area contributed by atoms with Gasteiger partial charge in [0.2, 0.25) is 0 Å². The van der Waals surface area contributed by atoms with Gasteiger partial charge in [-0.1, -0.05) is 24.3 Å². The van der Waals surface area contributed by atoms with Crippen molar-refractivity contribution in [2.75, 3.05) is 26.2 Å². The summed E-state index contributed by atoms with van der Waals surface area (Å²) in [6.45, 7) is 3.96. The fourth-order valence-electron chi connectivity index (χ4n) is 3.77.